The number of aliphatic carboxylic acids is 1. The Bertz CT molecular complexity index is 900. The van der Waals surface area contributed by atoms with Crippen LogP contribution in [-0.4, -0.2) is 54.5 Å². The summed E-state index contributed by atoms with van der Waals surface area (Å²) in [5.74, 6) is -2.99. The molecule has 2 N–H and O–H groups in total. The van der Waals surface area contributed by atoms with Crippen LogP contribution in [-0.2, 0) is 24.3 Å². The van der Waals surface area contributed by atoms with Gasteiger partial charge in [0, 0.05) is 18.3 Å². The molecule has 0 saturated carbocycles. The second-order valence-corrected chi connectivity index (χ2v) is 10.0. The first kappa shape index (κ1) is 20.3. The van der Waals surface area contributed by atoms with E-state index in [4.69, 9.17) is 4.74 Å². The summed E-state index contributed by atoms with van der Waals surface area (Å²) in [6, 6.07) is 6.03. The number of carbonyl (C=O) groups is 2. The third-order valence-electron chi connectivity index (χ3n) is 6.33. The lowest BCUT2D eigenvalue weighted by Gasteiger charge is -2.32. The molecule has 2 bridgehead atoms. The molecule has 0 aliphatic carbocycles. The van der Waals surface area contributed by atoms with Crippen LogP contribution in [0.2, 0.25) is 0 Å². The molecule has 9 heteroatoms. The predicted molar refractivity (Wildman–Crippen MR) is 105 cm³/mol. The summed E-state index contributed by atoms with van der Waals surface area (Å²) in [6.45, 7) is 2.43. The van der Waals surface area contributed by atoms with E-state index in [1.165, 1.54) is 16.4 Å². The average Bonchev–Trinajstić information content (AvgIpc) is 3.30. The van der Waals surface area contributed by atoms with Crippen molar-refractivity contribution >= 4 is 27.6 Å². The highest BCUT2D eigenvalue weighted by molar-refractivity contribution is 7.89. The summed E-state index contributed by atoms with van der Waals surface area (Å²) in [5, 5.41) is 12.2. The normalized spacial score (nSPS) is 32.2. The molecule has 0 aromatic heterocycles. The van der Waals surface area contributed by atoms with Gasteiger partial charge in [-0.3, -0.25) is 9.59 Å². The van der Waals surface area contributed by atoms with Gasteiger partial charge in [-0.1, -0.05) is 6.42 Å². The Labute approximate surface area is 170 Å². The molecular formula is C20H26N2O6S. The number of hydrogen-bond donors (Lipinski definition) is 2. The number of carboxylic acids is 1. The maximum Gasteiger partial charge on any atom is 0.310 e. The third-order valence-corrected chi connectivity index (χ3v) is 8.36. The maximum absolute atomic E-state index is 12.9. The van der Waals surface area contributed by atoms with Crippen molar-refractivity contribution in [2.24, 2.45) is 11.8 Å². The van der Waals surface area contributed by atoms with E-state index in [9.17, 15) is 23.1 Å². The molecule has 0 unspecified atom stereocenters. The zero-order valence-electron chi connectivity index (χ0n) is 16.3. The Hall–Kier alpha value is -1.97. The highest BCUT2D eigenvalue weighted by atomic mass is 32.2. The zero-order valence-corrected chi connectivity index (χ0v) is 17.1. The van der Waals surface area contributed by atoms with E-state index in [0.717, 1.165) is 19.3 Å². The average molecular weight is 423 g/mol. The fraction of sp³-hybridized carbons (Fsp3) is 0.600. The van der Waals surface area contributed by atoms with E-state index < -0.39 is 39.8 Å². The number of nitrogens with one attached hydrogen (secondary N) is 1. The number of benzene rings is 1. The number of hydrogen-bond acceptors (Lipinski definition) is 5. The number of carboxylic acid groups (broad SMARTS) is 1. The van der Waals surface area contributed by atoms with Gasteiger partial charge in [-0.25, -0.2) is 8.42 Å². The second-order valence-electron chi connectivity index (χ2n) is 8.15. The molecule has 1 aromatic rings. The van der Waals surface area contributed by atoms with Crippen LogP contribution in [0.25, 0.3) is 0 Å². The SMILES string of the molecule is C[C@@H]1CCCCN1S(=O)(=O)c1ccc(NC(=O)[C@H]2[C@@H](C(=O)O)[C@H]3CC[C@@H]2O3)cc1. The van der Waals surface area contributed by atoms with E-state index in [0.29, 0.717) is 25.1 Å². The van der Waals surface area contributed by atoms with Crippen molar-refractivity contribution in [2.75, 3.05) is 11.9 Å². The van der Waals surface area contributed by atoms with Gasteiger partial charge in [0.15, 0.2) is 0 Å². The van der Waals surface area contributed by atoms with Crippen LogP contribution in [0.1, 0.15) is 39.0 Å². The number of piperidine rings is 1. The van der Waals surface area contributed by atoms with Gasteiger partial charge >= 0.3 is 5.97 Å². The number of fused-ring (bicyclic) bond motifs is 2. The third kappa shape index (κ3) is 3.67. The number of carbonyl (C=O) groups excluding carboxylic acids is 1. The largest absolute Gasteiger partial charge is 0.481 e. The van der Waals surface area contributed by atoms with Gasteiger partial charge < -0.3 is 15.2 Å². The lowest BCUT2D eigenvalue weighted by atomic mass is 9.78. The molecule has 1 aromatic carbocycles. The van der Waals surface area contributed by atoms with Crippen molar-refractivity contribution in [1.82, 2.24) is 4.31 Å². The van der Waals surface area contributed by atoms with Crippen LogP contribution in [0.3, 0.4) is 0 Å². The van der Waals surface area contributed by atoms with E-state index in [1.807, 2.05) is 6.92 Å². The minimum Gasteiger partial charge on any atom is -0.481 e. The lowest BCUT2D eigenvalue weighted by Crippen LogP contribution is -2.42. The fourth-order valence-electron chi connectivity index (χ4n) is 4.82. The summed E-state index contributed by atoms with van der Waals surface area (Å²) in [7, 11) is -3.58. The highest BCUT2D eigenvalue weighted by Gasteiger charge is 2.55. The van der Waals surface area contributed by atoms with Crippen molar-refractivity contribution in [1.29, 1.82) is 0 Å². The molecule has 3 aliphatic heterocycles. The van der Waals surface area contributed by atoms with E-state index in [2.05, 4.69) is 5.32 Å². The summed E-state index contributed by atoms with van der Waals surface area (Å²) >= 11 is 0. The first-order valence-electron chi connectivity index (χ1n) is 10.1. The Morgan fingerprint density at radius 2 is 1.72 bits per heavy atom. The lowest BCUT2D eigenvalue weighted by molar-refractivity contribution is -0.147. The van der Waals surface area contributed by atoms with Crippen LogP contribution in [0, 0.1) is 11.8 Å². The summed E-state index contributed by atoms with van der Waals surface area (Å²) in [6.07, 6.45) is 3.29. The van der Waals surface area contributed by atoms with Crippen molar-refractivity contribution in [2.45, 2.75) is 62.2 Å². The number of ether oxygens (including phenoxy) is 1. The van der Waals surface area contributed by atoms with Gasteiger partial charge in [-0.15, -0.1) is 0 Å². The van der Waals surface area contributed by atoms with Crippen LogP contribution in [0.15, 0.2) is 29.2 Å². The minimum atomic E-state index is -3.58. The van der Waals surface area contributed by atoms with Crippen molar-refractivity contribution in [3.8, 4) is 0 Å². The highest BCUT2D eigenvalue weighted by Crippen LogP contribution is 2.44. The number of amides is 1. The Morgan fingerprint density at radius 1 is 1.07 bits per heavy atom. The number of anilines is 1. The van der Waals surface area contributed by atoms with Crippen molar-refractivity contribution < 1.29 is 27.9 Å². The molecule has 8 nitrogen and oxygen atoms in total. The molecule has 3 aliphatic rings. The topological polar surface area (TPSA) is 113 Å². The van der Waals surface area contributed by atoms with E-state index >= 15 is 0 Å². The van der Waals surface area contributed by atoms with Gasteiger partial charge in [0.2, 0.25) is 15.9 Å². The smallest absolute Gasteiger partial charge is 0.310 e. The molecule has 1 amide bonds. The molecular weight excluding hydrogens is 396 g/mol. The number of rotatable bonds is 5. The summed E-state index contributed by atoms with van der Waals surface area (Å²) in [4.78, 5) is 24.5. The maximum atomic E-state index is 12.9. The first-order chi connectivity index (χ1) is 13.8. The first-order valence-corrected chi connectivity index (χ1v) is 11.5. The zero-order chi connectivity index (χ0) is 20.8. The molecule has 3 fully saturated rings. The van der Waals surface area contributed by atoms with Gasteiger partial charge in [-0.05, 0) is 56.9 Å². The van der Waals surface area contributed by atoms with Gasteiger partial charge in [-0.2, -0.15) is 4.31 Å². The summed E-state index contributed by atoms with van der Waals surface area (Å²) in [5.41, 5.74) is 0.438. The number of nitrogens with zero attached hydrogens (tertiary/aromatic N) is 1. The monoisotopic (exact) mass is 422 g/mol. The molecule has 5 atom stereocenters. The van der Waals surface area contributed by atoms with E-state index in [1.54, 1.807) is 12.1 Å². The molecule has 4 rings (SSSR count). The molecule has 0 radical (unpaired) electrons. The van der Waals surface area contributed by atoms with Crippen LogP contribution >= 0.6 is 0 Å². The van der Waals surface area contributed by atoms with Crippen molar-refractivity contribution in [3.63, 3.8) is 0 Å². The fourth-order valence-corrected chi connectivity index (χ4v) is 6.52. The Kier molecular flexibility index (Phi) is 5.39. The molecule has 3 heterocycles. The molecule has 29 heavy (non-hydrogen) atoms. The minimum absolute atomic E-state index is 0.0288. The second kappa shape index (κ2) is 7.70. The molecule has 158 valence electrons. The van der Waals surface area contributed by atoms with Crippen LogP contribution < -0.4 is 5.32 Å². The van der Waals surface area contributed by atoms with Gasteiger partial charge in [0.05, 0.1) is 28.9 Å². The van der Waals surface area contributed by atoms with Crippen molar-refractivity contribution in [3.05, 3.63) is 24.3 Å². The summed E-state index contributed by atoms with van der Waals surface area (Å²) < 4.78 is 33.0. The quantitative estimate of drug-likeness (QED) is 0.751. The molecule has 0 spiro atoms. The van der Waals surface area contributed by atoms with Crippen LogP contribution in [0.4, 0.5) is 5.69 Å². The predicted octanol–water partition coefficient (Wildman–Crippen LogP) is 2.07. The molecule has 3 saturated heterocycles. The Balaban J connectivity index is 1.47. The van der Waals surface area contributed by atoms with E-state index in [-0.39, 0.29) is 17.0 Å². The van der Waals surface area contributed by atoms with Gasteiger partial charge in [0.25, 0.3) is 0 Å². The van der Waals surface area contributed by atoms with Crippen LogP contribution in [0.5, 0.6) is 0 Å². The Morgan fingerprint density at radius 3 is 2.34 bits per heavy atom. The van der Waals surface area contributed by atoms with Gasteiger partial charge in [0.1, 0.15) is 0 Å². The standard InChI is InChI=1S/C20H26N2O6S/c1-12-4-2-3-11-22(12)29(26,27)14-7-5-13(6-8-14)21-19(23)17-15-9-10-16(28-15)18(17)20(24)25/h5-8,12,15-18H,2-4,9-11H2,1H3,(H,21,23)(H,24,25)/t12-,15+,16-,17-,18+/m1/s1. The number of sulfonamides is 1.